The zero-order valence-corrected chi connectivity index (χ0v) is 15.9. The number of nitrogens with one attached hydrogen (secondary N) is 1. The Kier molecular flexibility index (Phi) is 7.46. The van der Waals surface area contributed by atoms with Gasteiger partial charge in [0.05, 0.1) is 5.69 Å². The van der Waals surface area contributed by atoms with Crippen LogP contribution < -0.4 is 5.32 Å². The fraction of sp³-hybridized carbons (Fsp3) is 0.643. The fourth-order valence-corrected chi connectivity index (χ4v) is 4.92. The van der Waals surface area contributed by atoms with E-state index >= 15 is 0 Å². The largest absolute Gasteiger partial charge is 0.412 e. The van der Waals surface area contributed by atoms with Crippen LogP contribution in [-0.4, -0.2) is 61.9 Å². The Balaban J connectivity index is 0.00000288. The highest BCUT2D eigenvalue weighted by Gasteiger charge is 2.28. The van der Waals surface area contributed by atoms with E-state index in [-0.39, 0.29) is 24.6 Å². The molecule has 138 valence electrons. The summed E-state index contributed by atoms with van der Waals surface area (Å²) in [6, 6.07) is 0. The van der Waals surface area contributed by atoms with Gasteiger partial charge >= 0.3 is 0 Å². The second-order valence-electron chi connectivity index (χ2n) is 5.73. The van der Waals surface area contributed by atoms with E-state index in [4.69, 9.17) is 0 Å². The lowest BCUT2D eigenvalue weighted by Crippen LogP contribution is -2.50. The molecule has 24 heavy (non-hydrogen) atoms. The number of carbonyl (C=O) groups is 2. The Bertz CT molecular complexity index is 630. The minimum absolute atomic E-state index is 0. The number of anilines is 1. The van der Waals surface area contributed by atoms with Gasteiger partial charge in [0.2, 0.25) is 11.8 Å². The van der Waals surface area contributed by atoms with Crippen LogP contribution >= 0.6 is 11.3 Å². The molecule has 1 aromatic rings. The van der Waals surface area contributed by atoms with Gasteiger partial charge in [-0.2, -0.15) is 0 Å². The molecule has 8 nitrogen and oxygen atoms in total. The highest BCUT2D eigenvalue weighted by Crippen LogP contribution is 2.27. The summed E-state index contributed by atoms with van der Waals surface area (Å²) in [4.78, 5) is 29.1. The summed E-state index contributed by atoms with van der Waals surface area (Å²) in [5, 5.41) is 3.09. The first-order chi connectivity index (χ1) is 10.8. The minimum Gasteiger partial charge on any atom is -0.412 e. The molecular formula is C14H26N4O4S2. The van der Waals surface area contributed by atoms with Gasteiger partial charge < -0.3 is 15.7 Å². The third kappa shape index (κ3) is 4.82. The summed E-state index contributed by atoms with van der Waals surface area (Å²) >= 11 is 1.24. The van der Waals surface area contributed by atoms with E-state index in [1.54, 1.807) is 6.92 Å². The predicted octanol–water partition coefficient (Wildman–Crippen LogP) is 0.654. The zero-order chi connectivity index (χ0) is 17.1. The van der Waals surface area contributed by atoms with Crippen molar-refractivity contribution in [2.45, 2.75) is 31.9 Å². The zero-order valence-electron chi connectivity index (χ0n) is 14.3. The van der Waals surface area contributed by atoms with Crippen molar-refractivity contribution in [1.82, 2.24) is 14.2 Å². The maximum absolute atomic E-state index is 12.7. The predicted molar refractivity (Wildman–Crippen MR) is 96.3 cm³/mol. The molecule has 10 heteroatoms. The van der Waals surface area contributed by atoms with Crippen LogP contribution in [0.1, 0.15) is 27.9 Å². The number of nitrogens with zero attached hydrogens (tertiary/aromatic N) is 3. The van der Waals surface area contributed by atoms with Gasteiger partial charge in [-0.15, -0.1) is 0 Å². The first-order valence-corrected chi connectivity index (χ1v) is 9.42. The number of rotatable bonds is 4. The normalized spacial score (nSPS) is 16.6. The SMILES string of the molecule is CC(=O)Nc1nc(C)c(S(=O)N2CCN(C(=O)C(C)C)CC2)s1.O.[HH]. The van der Waals surface area contributed by atoms with Crippen molar-refractivity contribution in [3.05, 3.63) is 5.69 Å². The number of piperazine rings is 1. The molecule has 0 aliphatic carbocycles. The van der Waals surface area contributed by atoms with Gasteiger partial charge in [0, 0.05) is 40.4 Å². The first-order valence-electron chi connectivity index (χ1n) is 7.50. The van der Waals surface area contributed by atoms with Crippen LogP contribution in [0.5, 0.6) is 0 Å². The lowest BCUT2D eigenvalue weighted by atomic mass is 10.2. The van der Waals surface area contributed by atoms with Crippen LogP contribution in [0.15, 0.2) is 4.21 Å². The van der Waals surface area contributed by atoms with Crippen molar-refractivity contribution in [1.29, 1.82) is 0 Å². The molecule has 0 spiro atoms. The van der Waals surface area contributed by atoms with E-state index in [0.29, 0.717) is 41.2 Å². The summed E-state index contributed by atoms with van der Waals surface area (Å²) in [6.07, 6.45) is 0. The van der Waals surface area contributed by atoms with Crippen molar-refractivity contribution >= 4 is 39.3 Å². The molecular weight excluding hydrogens is 352 g/mol. The standard InChI is InChI=1S/C14H22N4O3S2.H2O.H2/c1-9(2)12(20)17-5-7-18(8-6-17)23(21)13-10(3)15-14(22-13)16-11(4)19;;/h9H,5-8H2,1-4H3,(H,15,16,19);1H2;1H. The second kappa shape index (κ2) is 8.65. The maximum atomic E-state index is 12.7. The van der Waals surface area contributed by atoms with Crippen molar-refractivity contribution in [2.24, 2.45) is 5.92 Å². The van der Waals surface area contributed by atoms with Crippen LogP contribution in [0.25, 0.3) is 0 Å². The van der Waals surface area contributed by atoms with Crippen molar-refractivity contribution in [3.63, 3.8) is 0 Å². The molecule has 0 bridgehead atoms. The molecule has 0 radical (unpaired) electrons. The van der Waals surface area contributed by atoms with Gasteiger partial charge in [-0.1, -0.05) is 25.2 Å². The van der Waals surface area contributed by atoms with Crippen LogP contribution in [-0.2, 0) is 20.6 Å². The average molecular weight is 379 g/mol. The summed E-state index contributed by atoms with van der Waals surface area (Å²) in [6.45, 7) is 9.27. The minimum atomic E-state index is -1.31. The molecule has 1 aliphatic heterocycles. The lowest BCUT2D eigenvalue weighted by Gasteiger charge is -2.34. The molecule has 2 amide bonds. The van der Waals surface area contributed by atoms with Crippen LogP contribution in [0.4, 0.5) is 5.13 Å². The van der Waals surface area contributed by atoms with E-state index in [1.165, 1.54) is 18.3 Å². The Morgan fingerprint density at radius 3 is 2.38 bits per heavy atom. The average Bonchev–Trinajstić information content (AvgIpc) is 2.85. The number of aromatic nitrogens is 1. The molecule has 1 unspecified atom stereocenters. The third-order valence-electron chi connectivity index (χ3n) is 3.47. The van der Waals surface area contributed by atoms with Crippen molar-refractivity contribution in [2.75, 3.05) is 31.5 Å². The highest BCUT2D eigenvalue weighted by molar-refractivity contribution is 7.85. The van der Waals surface area contributed by atoms with Gasteiger partial charge in [0.25, 0.3) is 0 Å². The van der Waals surface area contributed by atoms with E-state index in [2.05, 4.69) is 10.3 Å². The van der Waals surface area contributed by atoms with Crippen LogP contribution in [0, 0.1) is 12.8 Å². The molecule has 0 aromatic carbocycles. The van der Waals surface area contributed by atoms with Gasteiger partial charge in [0.15, 0.2) is 5.13 Å². The monoisotopic (exact) mass is 378 g/mol. The van der Waals surface area contributed by atoms with Crippen LogP contribution in [0.2, 0.25) is 0 Å². The maximum Gasteiger partial charge on any atom is 0.225 e. The molecule has 0 saturated carbocycles. The van der Waals surface area contributed by atoms with Gasteiger partial charge in [-0.25, -0.2) is 13.5 Å². The number of hydrogen-bond donors (Lipinski definition) is 1. The highest BCUT2D eigenvalue weighted by atomic mass is 32.2. The van der Waals surface area contributed by atoms with E-state index in [0.717, 1.165) is 0 Å². The quantitative estimate of drug-likeness (QED) is 0.828. The topological polar surface area (TPSA) is 114 Å². The molecule has 2 heterocycles. The fourth-order valence-electron chi connectivity index (χ4n) is 2.31. The Hall–Kier alpha value is -1.36. The lowest BCUT2D eigenvalue weighted by molar-refractivity contribution is -0.135. The summed E-state index contributed by atoms with van der Waals surface area (Å²) < 4.78 is 15.2. The Labute approximate surface area is 149 Å². The summed E-state index contributed by atoms with van der Waals surface area (Å²) in [5.74, 6) is -0.0785. The van der Waals surface area contributed by atoms with E-state index in [1.807, 2.05) is 23.1 Å². The summed E-state index contributed by atoms with van der Waals surface area (Å²) in [5.41, 5.74) is 0.665. The molecule has 1 atom stereocenters. The molecule has 1 fully saturated rings. The van der Waals surface area contributed by atoms with Crippen molar-refractivity contribution in [3.8, 4) is 0 Å². The summed E-state index contributed by atoms with van der Waals surface area (Å²) in [7, 11) is -1.31. The Morgan fingerprint density at radius 2 is 1.88 bits per heavy atom. The van der Waals surface area contributed by atoms with E-state index in [9.17, 15) is 13.8 Å². The third-order valence-corrected chi connectivity index (χ3v) is 6.47. The smallest absolute Gasteiger partial charge is 0.225 e. The number of hydrogen-bond acceptors (Lipinski definition) is 5. The van der Waals surface area contributed by atoms with E-state index < -0.39 is 11.0 Å². The van der Waals surface area contributed by atoms with Gasteiger partial charge in [-0.05, 0) is 6.92 Å². The number of amides is 2. The first kappa shape index (κ1) is 20.7. The van der Waals surface area contributed by atoms with Crippen LogP contribution in [0.3, 0.4) is 0 Å². The molecule has 3 N–H and O–H groups in total. The molecule has 2 rings (SSSR count). The number of aryl methyl sites for hydroxylation is 1. The molecule has 1 aliphatic rings. The second-order valence-corrected chi connectivity index (χ2v) is 8.41. The number of carbonyl (C=O) groups excluding carboxylic acids is 2. The molecule has 1 aromatic heterocycles. The van der Waals surface area contributed by atoms with Gasteiger partial charge in [0.1, 0.15) is 15.2 Å². The molecule has 1 saturated heterocycles. The van der Waals surface area contributed by atoms with Gasteiger partial charge in [-0.3, -0.25) is 9.59 Å². The van der Waals surface area contributed by atoms with Crippen molar-refractivity contribution < 1.29 is 20.7 Å². The Morgan fingerprint density at radius 1 is 1.29 bits per heavy atom. The number of thiazole rings is 1.